The number of hydrogen-bond donors (Lipinski definition) is 0. The number of rotatable bonds is 5. The third-order valence-electron chi connectivity index (χ3n) is 4.86. The first-order valence-electron chi connectivity index (χ1n) is 8.53. The molecule has 0 aliphatic carbocycles. The van der Waals surface area contributed by atoms with Crippen molar-refractivity contribution in [3.63, 3.8) is 0 Å². The van der Waals surface area contributed by atoms with Gasteiger partial charge in [-0.15, -0.1) is 0 Å². The molecule has 0 spiro atoms. The second-order valence-corrected chi connectivity index (χ2v) is 8.36. The van der Waals surface area contributed by atoms with Crippen LogP contribution in [-0.2, 0) is 10.0 Å². The third kappa shape index (κ3) is 4.15. The van der Waals surface area contributed by atoms with Crippen LogP contribution in [0.5, 0.6) is 0 Å². The van der Waals surface area contributed by atoms with Crippen LogP contribution in [0, 0.1) is 15.9 Å². The molecule has 2 aromatic rings. The molecule has 0 radical (unpaired) electrons. The summed E-state index contributed by atoms with van der Waals surface area (Å²) in [6, 6.07) is 11.3. The van der Waals surface area contributed by atoms with E-state index in [4.69, 9.17) is 0 Å². The van der Waals surface area contributed by atoms with Crippen molar-refractivity contribution in [2.45, 2.75) is 17.9 Å². The minimum absolute atomic E-state index is 0.0492. The molecule has 1 aliphatic rings. The Morgan fingerprint density at radius 2 is 1.56 bits per heavy atom. The molecule has 144 valence electrons. The number of nitro groups is 1. The lowest BCUT2D eigenvalue weighted by Gasteiger charge is -2.37. The molecule has 1 saturated heterocycles. The van der Waals surface area contributed by atoms with E-state index >= 15 is 0 Å². The van der Waals surface area contributed by atoms with Gasteiger partial charge in [0.2, 0.25) is 10.0 Å². The van der Waals surface area contributed by atoms with Crippen LogP contribution in [0.25, 0.3) is 0 Å². The summed E-state index contributed by atoms with van der Waals surface area (Å²) in [5.41, 5.74) is 0.829. The Bertz CT molecular complexity index is 909. The highest BCUT2D eigenvalue weighted by molar-refractivity contribution is 7.89. The highest BCUT2D eigenvalue weighted by atomic mass is 32.2. The van der Waals surface area contributed by atoms with Crippen molar-refractivity contribution in [2.75, 3.05) is 26.2 Å². The highest BCUT2D eigenvalue weighted by Gasteiger charge is 2.30. The first kappa shape index (κ1) is 19.4. The standard InChI is InChI=1S/C18H20FN3O4S/c1-14(15-2-4-16(19)5-3-15)20-10-12-21(13-11-20)27(25,26)18-8-6-17(7-9-18)22(23)24/h2-9,14H,10-13H2,1H3/t14-/m0/s1. The maximum absolute atomic E-state index is 13.1. The topological polar surface area (TPSA) is 83.8 Å². The molecule has 0 N–H and O–H groups in total. The van der Waals surface area contributed by atoms with Crippen molar-refractivity contribution >= 4 is 15.7 Å². The number of halogens is 1. The summed E-state index contributed by atoms with van der Waals surface area (Å²) in [5.74, 6) is -0.287. The normalized spacial score (nSPS) is 17.6. The fourth-order valence-electron chi connectivity index (χ4n) is 3.17. The predicted molar refractivity (Wildman–Crippen MR) is 98.2 cm³/mol. The molecule has 0 aromatic heterocycles. The lowest BCUT2D eigenvalue weighted by Crippen LogP contribution is -2.49. The molecule has 3 rings (SSSR count). The number of nitrogens with zero attached hydrogens (tertiary/aromatic N) is 3. The van der Waals surface area contributed by atoms with E-state index in [0.29, 0.717) is 26.2 Å². The van der Waals surface area contributed by atoms with Gasteiger partial charge < -0.3 is 0 Å². The van der Waals surface area contributed by atoms with E-state index in [1.165, 1.54) is 40.7 Å². The summed E-state index contributed by atoms with van der Waals surface area (Å²) < 4.78 is 40.0. The minimum atomic E-state index is -3.69. The summed E-state index contributed by atoms with van der Waals surface area (Å²) >= 11 is 0. The van der Waals surface area contributed by atoms with Gasteiger partial charge in [-0.05, 0) is 36.8 Å². The zero-order chi connectivity index (χ0) is 19.6. The quantitative estimate of drug-likeness (QED) is 0.576. The van der Waals surface area contributed by atoms with Crippen LogP contribution >= 0.6 is 0 Å². The summed E-state index contributed by atoms with van der Waals surface area (Å²) in [6.45, 7) is 3.75. The summed E-state index contributed by atoms with van der Waals surface area (Å²) in [7, 11) is -3.69. The van der Waals surface area contributed by atoms with Gasteiger partial charge in [0, 0.05) is 44.4 Å². The fourth-order valence-corrected chi connectivity index (χ4v) is 4.59. The van der Waals surface area contributed by atoms with Crippen LogP contribution in [0.2, 0.25) is 0 Å². The Balaban J connectivity index is 1.67. The molecular weight excluding hydrogens is 373 g/mol. The first-order chi connectivity index (χ1) is 12.8. The van der Waals surface area contributed by atoms with E-state index in [-0.39, 0.29) is 22.4 Å². The fraction of sp³-hybridized carbons (Fsp3) is 0.333. The lowest BCUT2D eigenvalue weighted by molar-refractivity contribution is -0.384. The summed E-state index contributed by atoms with van der Waals surface area (Å²) in [6.07, 6.45) is 0. The molecule has 0 saturated carbocycles. The molecule has 1 heterocycles. The zero-order valence-electron chi connectivity index (χ0n) is 14.8. The monoisotopic (exact) mass is 393 g/mol. The zero-order valence-corrected chi connectivity index (χ0v) is 15.6. The van der Waals surface area contributed by atoms with Gasteiger partial charge in [-0.3, -0.25) is 15.0 Å². The Morgan fingerprint density at radius 3 is 2.07 bits per heavy atom. The number of sulfonamides is 1. The van der Waals surface area contributed by atoms with E-state index in [0.717, 1.165) is 5.56 Å². The maximum atomic E-state index is 13.1. The van der Waals surface area contributed by atoms with Gasteiger partial charge in [-0.25, -0.2) is 12.8 Å². The Morgan fingerprint density at radius 1 is 1.00 bits per heavy atom. The Kier molecular flexibility index (Phi) is 5.54. The lowest BCUT2D eigenvalue weighted by atomic mass is 10.1. The molecule has 27 heavy (non-hydrogen) atoms. The van der Waals surface area contributed by atoms with E-state index < -0.39 is 14.9 Å². The van der Waals surface area contributed by atoms with Crippen molar-refractivity contribution in [1.82, 2.24) is 9.21 Å². The highest BCUT2D eigenvalue weighted by Crippen LogP contribution is 2.25. The average Bonchev–Trinajstić information content (AvgIpc) is 2.68. The molecule has 0 bridgehead atoms. The van der Waals surface area contributed by atoms with Gasteiger partial charge in [0.25, 0.3) is 5.69 Å². The molecular formula is C18H20FN3O4S. The molecule has 0 amide bonds. The Labute approximate surface area is 157 Å². The van der Waals surface area contributed by atoms with Crippen molar-refractivity contribution < 1.29 is 17.7 Å². The van der Waals surface area contributed by atoms with Gasteiger partial charge in [0.15, 0.2) is 0 Å². The van der Waals surface area contributed by atoms with Gasteiger partial charge in [-0.2, -0.15) is 4.31 Å². The van der Waals surface area contributed by atoms with Crippen molar-refractivity contribution in [1.29, 1.82) is 0 Å². The Hall–Kier alpha value is -2.36. The van der Waals surface area contributed by atoms with Crippen molar-refractivity contribution in [2.24, 2.45) is 0 Å². The van der Waals surface area contributed by atoms with Gasteiger partial charge >= 0.3 is 0 Å². The van der Waals surface area contributed by atoms with Crippen LogP contribution in [0.3, 0.4) is 0 Å². The number of benzene rings is 2. The van der Waals surface area contributed by atoms with Crippen molar-refractivity contribution in [3.05, 3.63) is 70.0 Å². The number of piperazine rings is 1. The second-order valence-electron chi connectivity index (χ2n) is 6.42. The second kappa shape index (κ2) is 7.71. The summed E-state index contributed by atoms with van der Waals surface area (Å²) in [4.78, 5) is 12.4. The maximum Gasteiger partial charge on any atom is 0.269 e. The summed E-state index contributed by atoms with van der Waals surface area (Å²) in [5, 5.41) is 10.7. The molecule has 1 aliphatic heterocycles. The van der Waals surface area contributed by atoms with Crippen LogP contribution in [0.1, 0.15) is 18.5 Å². The molecule has 1 atom stereocenters. The van der Waals surface area contributed by atoms with Crippen LogP contribution in [-0.4, -0.2) is 48.7 Å². The van der Waals surface area contributed by atoms with E-state index in [1.807, 2.05) is 6.92 Å². The molecule has 9 heteroatoms. The number of hydrogen-bond acceptors (Lipinski definition) is 5. The van der Waals surface area contributed by atoms with Gasteiger partial charge in [-0.1, -0.05) is 12.1 Å². The van der Waals surface area contributed by atoms with Crippen LogP contribution in [0.15, 0.2) is 53.4 Å². The number of non-ortho nitro benzene ring substituents is 1. The molecule has 2 aromatic carbocycles. The molecule has 0 unspecified atom stereocenters. The van der Waals surface area contributed by atoms with Gasteiger partial charge in [0.1, 0.15) is 5.82 Å². The largest absolute Gasteiger partial charge is 0.294 e. The molecule has 1 fully saturated rings. The predicted octanol–water partition coefficient (Wildman–Crippen LogP) is 2.80. The van der Waals surface area contributed by atoms with Crippen molar-refractivity contribution in [3.8, 4) is 0 Å². The third-order valence-corrected chi connectivity index (χ3v) is 6.77. The van der Waals surface area contributed by atoms with Crippen LogP contribution in [0.4, 0.5) is 10.1 Å². The SMILES string of the molecule is C[C@@H](c1ccc(F)cc1)N1CCN(S(=O)(=O)c2ccc([N+](=O)[O-])cc2)CC1. The van der Waals surface area contributed by atoms with E-state index in [1.54, 1.807) is 12.1 Å². The van der Waals surface area contributed by atoms with E-state index in [2.05, 4.69) is 4.90 Å². The number of nitro benzene ring substituents is 1. The van der Waals surface area contributed by atoms with E-state index in [9.17, 15) is 22.9 Å². The smallest absolute Gasteiger partial charge is 0.269 e. The first-order valence-corrected chi connectivity index (χ1v) is 9.97. The van der Waals surface area contributed by atoms with Gasteiger partial charge in [0.05, 0.1) is 9.82 Å². The van der Waals surface area contributed by atoms with Crippen LogP contribution < -0.4 is 0 Å². The molecule has 7 nitrogen and oxygen atoms in total. The average molecular weight is 393 g/mol. The minimum Gasteiger partial charge on any atom is -0.294 e.